The van der Waals surface area contributed by atoms with E-state index < -0.39 is 9.73 Å². The lowest BCUT2D eigenvalue weighted by Crippen LogP contribution is -2.24. The number of likely N-dealkylation sites (tertiary alicyclic amines) is 1. The predicted octanol–water partition coefficient (Wildman–Crippen LogP) is 3.83. The molecule has 5 nitrogen and oxygen atoms in total. The average Bonchev–Trinajstić information content (AvgIpc) is 3.10. The summed E-state index contributed by atoms with van der Waals surface area (Å²) in [6.07, 6.45) is 2.60. The third kappa shape index (κ3) is 5.59. The summed E-state index contributed by atoms with van der Waals surface area (Å²) in [6, 6.07) is 17.5. The van der Waals surface area contributed by atoms with Gasteiger partial charge in [0.15, 0.2) is 0 Å². The predicted molar refractivity (Wildman–Crippen MR) is 117 cm³/mol. The summed E-state index contributed by atoms with van der Waals surface area (Å²) in [5, 5.41) is 9.04. The zero-order valence-electron chi connectivity index (χ0n) is 17.4. The van der Waals surface area contributed by atoms with Crippen LogP contribution in [0.2, 0.25) is 0 Å². The van der Waals surface area contributed by atoms with Gasteiger partial charge < -0.3 is 9.64 Å². The first kappa shape index (κ1) is 21.4. The van der Waals surface area contributed by atoms with E-state index in [1.807, 2.05) is 42.5 Å². The molecule has 2 aromatic carbocycles. The van der Waals surface area contributed by atoms with Gasteiger partial charge in [-0.1, -0.05) is 19.1 Å². The molecule has 1 aliphatic heterocycles. The van der Waals surface area contributed by atoms with Gasteiger partial charge in [0.1, 0.15) is 5.75 Å². The Morgan fingerprint density at radius 2 is 2.00 bits per heavy atom. The zero-order valence-corrected chi connectivity index (χ0v) is 18.2. The summed E-state index contributed by atoms with van der Waals surface area (Å²) in [5.41, 5.74) is 1.93. The molecule has 0 aliphatic carbocycles. The number of ether oxygens (including phenoxy) is 1. The summed E-state index contributed by atoms with van der Waals surface area (Å²) in [5.74, 6) is 1.87. The van der Waals surface area contributed by atoms with Crippen molar-refractivity contribution in [3.05, 3.63) is 59.7 Å². The molecule has 0 radical (unpaired) electrons. The Morgan fingerprint density at radius 1 is 1.24 bits per heavy atom. The monoisotopic (exact) mass is 411 g/mol. The Labute approximate surface area is 174 Å². The van der Waals surface area contributed by atoms with E-state index in [4.69, 9.17) is 10.00 Å². The largest absolute Gasteiger partial charge is 0.493 e. The van der Waals surface area contributed by atoms with Gasteiger partial charge in [0.05, 0.1) is 28.0 Å². The van der Waals surface area contributed by atoms with Crippen LogP contribution in [0.25, 0.3) is 0 Å². The molecule has 0 spiro atoms. The van der Waals surface area contributed by atoms with Crippen molar-refractivity contribution in [2.24, 2.45) is 16.2 Å². The van der Waals surface area contributed by atoms with E-state index in [1.165, 1.54) is 5.56 Å². The Hall–Kier alpha value is -2.36. The van der Waals surface area contributed by atoms with Gasteiger partial charge in [0, 0.05) is 43.8 Å². The molecule has 1 aliphatic rings. The van der Waals surface area contributed by atoms with Crippen LogP contribution in [0.1, 0.15) is 18.1 Å². The fourth-order valence-electron chi connectivity index (χ4n) is 3.72. The zero-order chi connectivity index (χ0) is 20.9. The highest BCUT2D eigenvalue weighted by Gasteiger charge is 2.29. The third-order valence-corrected chi connectivity index (χ3v) is 7.53. The number of hydrogen-bond acceptors (Lipinski definition) is 5. The maximum absolute atomic E-state index is 12.3. The van der Waals surface area contributed by atoms with Gasteiger partial charge in [0.2, 0.25) is 0 Å². The highest BCUT2D eigenvalue weighted by molar-refractivity contribution is 7.93. The minimum atomic E-state index is -2.30. The Balaban J connectivity index is 1.50. The number of rotatable bonds is 7. The minimum absolute atomic E-state index is 0.487. The van der Waals surface area contributed by atoms with Crippen LogP contribution in [-0.2, 0) is 16.1 Å². The number of hydrogen-bond donors (Lipinski definition) is 0. The van der Waals surface area contributed by atoms with Crippen molar-refractivity contribution >= 4 is 9.73 Å². The molecule has 6 heteroatoms. The van der Waals surface area contributed by atoms with E-state index in [0.29, 0.717) is 18.4 Å². The van der Waals surface area contributed by atoms with Crippen LogP contribution in [0.4, 0.5) is 0 Å². The third-order valence-electron chi connectivity index (χ3n) is 5.69. The Bertz CT molecular complexity index is 988. The quantitative estimate of drug-likeness (QED) is 0.694. The van der Waals surface area contributed by atoms with Gasteiger partial charge in [-0.05, 0) is 54.3 Å². The molecule has 0 N–H and O–H groups in total. The summed E-state index contributed by atoms with van der Waals surface area (Å²) in [4.78, 5) is 3.21. The van der Waals surface area contributed by atoms with Gasteiger partial charge in [-0.15, -0.1) is 0 Å². The molecule has 0 aromatic heterocycles. The normalized spacial score (nSPS) is 21.3. The van der Waals surface area contributed by atoms with Crippen LogP contribution in [0.15, 0.2) is 57.8 Å². The summed E-state index contributed by atoms with van der Waals surface area (Å²) >= 11 is 0. The Kier molecular flexibility index (Phi) is 6.94. The molecule has 3 atom stereocenters. The second-order valence-electron chi connectivity index (χ2n) is 7.83. The van der Waals surface area contributed by atoms with Crippen molar-refractivity contribution in [1.29, 1.82) is 5.26 Å². The molecule has 154 valence electrons. The van der Waals surface area contributed by atoms with E-state index in [-0.39, 0.29) is 0 Å². The van der Waals surface area contributed by atoms with Crippen LogP contribution in [0, 0.1) is 23.2 Å². The maximum Gasteiger partial charge on any atom is 0.119 e. The van der Waals surface area contributed by atoms with E-state index in [9.17, 15) is 4.21 Å². The van der Waals surface area contributed by atoms with E-state index >= 15 is 0 Å². The van der Waals surface area contributed by atoms with E-state index in [1.54, 1.807) is 13.3 Å². The molecule has 2 aromatic rings. The first-order valence-electron chi connectivity index (χ1n) is 9.96. The molecule has 0 bridgehead atoms. The number of benzene rings is 2. The Morgan fingerprint density at radius 3 is 2.69 bits per heavy atom. The lowest BCUT2D eigenvalue weighted by atomic mass is 9.99. The molecule has 1 saturated heterocycles. The van der Waals surface area contributed by atoms with Crippen LogP contribution in [-0.4, -0.2) is 48.7 Å². The van der Waals surface area contributed by atoms with Crippen molar-refractivity contribution in [2.45, 2.75) is 18.2 Å². The fraction of sp³-hybridized carbons (Fsp3) is 0.435. The number of nitriles is 1. The molecule has 1 heterocycles. The molecule has 3 rings (SSSR count). The average molecular weight is 412 g/mol. The first-order chi connectivity index (χ1) is 13.9. The second kappa shape index (κ2) is 9.43. The van der Waals surface area contributed by atoms with Crippen molar-refractivity contribution < 1.29 is 8.95 Å². The lowest BCUT2D eigenvalue weighted by molar-refractivity contribution is 0.225. The van der Waals surface area contributed by atoms with Gasteiger partial charge >= 0.3 is 0 Å². The molecular weight excluding hydrogens is 382 g/mol. The maximum atomic E-state index is 12.3. The topological polar surface area (TPSA) is 65.7 Å². The van der Waals surface area contributed by atoms with Crippen LogP contribution in [0.5, 0.6) is 5.75 Å². The van der Waals surface area contributed by atoms with Crippen molar-refractivity contribution in [1.82, 2.24) is 4.90 Å². The van der Waals surface area contributed by atoms with Crippen molar-refractivity contribution in [3.63, 3.8) is 0 Å². The van der Waals surface area contributed by atoms with E-state index in [2.05, 4.69) is 28.3 Å². The van der Waals surface area contributed by atoms with Gasteiger partial charge in [-0.2, -0.15) is 5.26 Å². The van der Waals surface area contributed by atoms with Crippen LogP contribution < -0.4 is 4.74 Å². The standard InChI is InChI=1S/C23H29N3O2S/c1-18-15-26(12-11-19-5-4-6-20(13-19)14-24)16-21(18)17-28-22-7-9-23(10-8-22)29(3,27)25-2/h4-10,13,18,21H,11-12,15-17H2,1-3H3/t18-,21+,29-/m1/s1. The van der Waals surface area contributed by atoms with E-state index in [0.717, 1.165) is 42.3 Å². The first-order valence-corrected chi connectivity index (χ1v) is 11.9. The fourth-order valence-corrected chi connectivity index (χ4v) is 4.57. The second-order valence-corrected chi connectivity index (χ2v) is 10.3. The lowest BCUT2D eigenvalue weighted by Gasteiger charge is -2.17. The van der Waals surface area contributed by atoms with Gasteiger partial charge in [-0.25, -0.2) is 8.57 Å². The smallest absolute Gasteiger partial charge is 0.119 e. The van der Waals surface area contributed by atoms with Gasteiger partial charge in [0.25, 0.3) is 0 Å². The SMILES string of the molecule is CN=[S@](C)(=O)c1ccc(OC[C@@H]2CN(CCc3cccc(C#N)c3)C[C@H]2C)cc1. The number of nitrogens with zero attached hydrogens (tertiary/aromatic N) is 3. The van der Waals surface area contributed by atoms with Crippen molar-refractivity contribution in [2.75, 3.05) is 39.5 Å². The highest BCUT2D eigenvalue weighted by Crippen LogP contribution is 2.25. The summed E-state index contributed by atoms with van der Waals surface area (Å²) < 4.78 is 22.3. The molecule has 0 amide bonds. The summed E-state index contributed by atoms with van der Waals surface area (Å²) in [7, 11) is -0.717. The van der Waals surface area contributed by atoms with Gasteiger partial charge in [-0.3, -0.25) is 0 Å². The van der Waals surface area contributed by atoms with Crippen LogP contribution >= 0.6 is 0 Å². The van der Waals surface area contributed by atoms with Crippen LogP contribution in [0.3, 0.4) is 0 Å². The highest BCUT2D eigenvalue weighted by atomic mass is 32.2. The molecule has 29 heavy (non-hydrogen) atoms. The summed E-state index contributed by atoms with van der Waals surface area (Å²) in [6.45, 7) is 6.05. The molecule has 0 saturated carbocycles. The molecule has 0 unspecified atom stereocenters. The van der Waals surface area contributed by atoms with Crippen molar-refractivity contribution in [3.8, 4) is 11.8 Å². The molecular formula is C23H29N3O2S. The minimum Gasteiger partial charge on any atom is -0.493 e. The molecule has 1 fully saturated rings.